The summed E-state index contributed by atoms with van der Waals surface area (Å²) in [6.45, 7) is 8.70. The molecule has 3 rings (SSSR count). The molecule has 0 saturated carbocycles. The number of aryl methyl sites for hydroxylation is 4. The van der Waals surface area contributed by atoms with Gasteiger partial charge in [0.25, 0.3) is 0 Å². The van der Waals surface area contributed by atoms with Crippen LogP contribution >= 0.6 is 0 Å². The van der Waals surface area contributed by atoms with Gasteiger partial charge < -0.3 is 18.5 Å². The van der Waals surface area contributed by atoms with Crippen molar-refractivity contribution in [1.29, 1.82) is 0 Å². The van der Waals surface area contributed by atoms with Crippen molar-refractivity contribution >= 4 is 0 Å². The van der Waals surface area contributed by atoms with Crippen LogP contribution in [0.2, 0.25) is 0 Å². The number of rotatable bonds is 7. The van der Waals surface area contributed by atoms with Crippen molar-refractivity contribution < 1.29 is 18.5 Å². The van der Waals surface area contributed by atoms with E-state index in [1.807, 2.05) is 32.9 Å². The number of benzene rings is 1. The third kappa shape index (κ3) is 4.17. The van der Waals surface area contributed by atoms with Crippen LogP contribution in [-0.2, 0) is 0 Å². The monoisotopic (exact) mass is 343 g/mol. The molecule has 0 fully saturated rings. The van der Waals surface area contributed by atoms with Gasteiger partial charge in [0, 0.05) is 25.0 Å². The maximum atomic E-state index is 5.92. The summed E-state index contributed by atoms with van der Waals surface area (Å²) in [6, 6.07) is 5.76. The fourth-order valence-electron chi connectivity index (χ4n) is 2.54. The molecule has 1 aromatic carbocycles. The lowest BCUT2D eigenvalue weighted by Crippen LogP contribution is -2.06. The molecule has 2 aromatic heterocycles. The summed E-state index contributed by atoms with van der Waals surface area (Å²) < 4.78 is 21.4. The number of ether oxygens (including phenoxy) is 2. The normalized spacial score (nSPS) is 10.9. The van der Waals surface area contributed by atoms with Crippen molar-refractivity contribution in [3.05, 3.63) is 40.9 Å². The quantitative estimate of drug-likeness (QED) is 0.603. The molecule has 0 amide bonds. The van der Waals surface area contributed by atoms with Gasteiger partial charge in [-0.05, 0) is 44.0 Å². The Balaban J connectivity index is 1.55. The van der Waals surface area contributed by atoms with Gasteiger partial charge >= 0.3 is 5.95 Å². The largest absolute Gasteiger partial charge is 0.493 e. The third-order valence-corrected chi connectivity index (χ3v) is 3.63. The fourth-order valence-corrected chi connectivity index (χ4v) is 2.54. The molecule has 0 bridgehead atoms. The van der Waals surface area contributed by atoms with Crippen molar-refractivity contribution in [2.75, 3.05) is 13.2 Å². The van der Waals surface area contributed by atoms with Crippen LogP contribution in [0.15, 0.2) is 27.2 Å². The minimum atomic E-state index is 0.435. The molecule has 0 unspecified atom stereocenters. The first-order valence-corrected chi connectivity index (χ1v) is 8.14. The Morgan fingerprint density at radius 3 is 2.20 bits per heavy atom. The van der Waals surface area contributed by atoms with Crippen LogP contribution in [0.4, 0.5) is 0 Å². The number of aromatic nitrogens is 3. The summed E-state index contributed by atoms with van der Waals surface area (Å²) in [6.07, 6.45) is 0.740. The minimum absolute atomic E-state index is 0.435. The zero-order chi connectivity index (χ0) is 17.8. The van der Waals surface area contributed by atoms with E-state index in [-0.39, 0.29) is 0 Å². The van der Waals surface area contributed by atoms with Gasteiger partial charge in [-0.3, -0.25) is 0 Å². The molecule has 132 valence electrons. The lowest BCUT2D eigenvalue weighted by Gasteiger charge is -2.13. The minimum Gasteiger partial charge on any atom is -0.493 e. The number of nitrogens with zero attached hydrogens (tertiary/aromatic N) is 3. The third-order valence-electron chi connectivity index (χ3n) is 3.63. The van der Waals surface area contributed by atoms with Gasteiger partial charge in [-0.1, -0.05) is 10.3 Å². The second-order valence-corrected chi connectivity index (χ2v) is 5.91. The standard InChI is InChI=1S/C18H21N3O4/c1-11-8-15(18-19-14(4)24-21-18)9-12(2)17(11)23-7-5-6-22-16-10-13(3)20-25-16/h8-10H,5-7H2,1-4H3. The van der Waals surface area contributed by atoms with E-state index in [0.717, 1.165) is 34.6 Å². The first-order valence-electron chi connectivity index (χ1n) is 8.14. The van der Waals surface area contributed by atoms with Gasteiger partial charge in [-0.15, -0.1) is 0 Å². The molecular formula is C18H21N3O4. The highest BCUT2D eigenvalue weighted by Crippen LogP contribution is 2.29. The van der Waals surface area contributed by atoms with Gasteiger partial charge in [-0.2, -0.15) is 4.98 Å². The van der Waals surface area contributed by atoms with Crippen LogP contribution in [-0.4, -0.2) is 28.5 Å². The maximum absolute atomic E-state index is 5.92. The van der Waals surface area contributed by atoms with Crippen molar-refractivity contribution in [2.45, 2.75) is 34.1 Å². The van der Waals surface area contributed by atoms with Gasteiger partial charge in [0.2, 0.25) is 11.7 Å². The molecule has 25 heavy (non-hydrogen) atoms. The molecule has 2 heterocycles. The second kappa shape index (κ2) is 7.38. The van der Waals surface area contributed by atoms with E-state index in [1.165, 1.54) is 0 Å². The summed E-state index contributed by atoms with van der Waals surface area (Å²) in [5.41, 5.74) is 3.78. The van der Waals surface area contributed by atoms with Crippen LogP contribution in [0.3, 0.4) is 0 Å². The highest BCUT2D eigenvalue weighted by atomic mass is 16.6. The Labute approximate surface area is 145 Å². The summed E-state index contributed by atoms with van der Waals surface area (Å²) in [5, 5.41) is 7.73. The van der Waals surface area contributed by atoms with Gasteiger partial charge in [0.15, 0.2) is 0 Å². The molecule has 0 aliphatic rings. The molecule has 0 spiro atoms. The Kier molecular flexibility index (Phi) is 5.02. The van der Waals surface area contributed by atoms with E-state index in [9.17, 15) is 0 Å². The summed E-state index contributed by atoms with van der Waals surface area (Å²) in [5.74, 6) is 2.45. The van der Waals surface area contributed by atoms with Gasteiger partial charge in [-0.25, -0.2) is 0 Å². The lowest BCUT2D eigenvalue weighted by molar-refractivity contribution is 0.191. The van der Waals surface area contributed by atoms with Crippen molar-refractivity contribution in [3.8, 4) is 23.1 Å². The molecule has 0 radical (unpaired) electrons. The average Bonchev–Trinajstić information content (AvgIpc) is 3.17. The first-order chi connectivity index (χ1) is 12.0. The topological polar surface area (TPSA) is 83.4 Å². The summed E-state index contributed by atoms with van der Waals surface area (Å²) in [7, 11) is 0. The van der Waals surface area contributed by atoms with Crippen LogP contribution in [0.25, 0.3) is 11.4 Å². The predicted molar refractivity (Wildman–Crippen MR) is 90.8 cm³/mol. The molecule has 7 heteroatoms. The second-order valence-electron chi connectivity index (χ2n) is 5.91. The molecule has 3 aromatic rings. The van der Waals surface area contributed by atoms with Crippen LogP contribution < -0.4 is 9.47 Å². The van der Waals surface area contributed by atoms with Gasteiger partial charge in [0.1, 0.15) is 5.75 Å². The number of hydrogen-bond donors (Lipinski definition) is 0. The lowest BCUT2D eigenvalue weighted by atomic mass is 10.1. The Morgan fingerprint density at radius 2 is 1.60 bits per heavy atom. The molecule has 0 N–H and O–H groups in total. The smallest absolute Gasteiger partial charge is 0.311 e. The van der Waals surface area contributed by atoms with E-state index in [4.69, 9.17) is 18.5 Å². The first kappa shape index (κ1) is 17.0. The Bertz CT molecular complexity index is 831. The molecule has 0 saturated heterocycles. The van der Waals surface area contributed by atoms with Crippen LogP contribution in [0, 0.1) is 27.7 Å². The zero-order valence-electron chi connectivity index (χ0n) is 14.8. The summed E-state index contributed by atoms with van der Waals surface area (Å²) in [4.78, 5) is 4.26. The molecule has 7 nitrogen and oxygen atoms in total. The fraction of sp³-hybridized carbons (Fsp3) is 0.389. The van der Waals surface area contributed by atoms with E-state index in [1.54, 1.807) is 13.0 Å². The summed E-state index contributed by atoms with van der Waals surface area (Å²) >= 11 is 0. The van der Waals surface area contributed by atoms with Crippen LogP contribution in [0.1, 0.15) is 29.1 Å². The van der Waals surface area contributed by atoms with Crippen molar-refractivity contribution in [1.82, 2.24) is 15.3 Å². The Hall–Kier alpha value is -2.83. The van der Waals surface area contributed by atoms with E-state index >= 15 is 0 Å². The number of hydrogen-bond acceptors (Lipinski definition) is 7. The highest BCUT2D eigenvalue weighted by molar-refractivity contribution is 5.60. The Morgan fingerprint density at radius 1 is 0.880 bits per heavy atom. The van der Waals surface area contributed by atoms with Gasteiger partial charge in [0.05, 0.1) is 18.9 Å². The highest BCUT2D eigenvalue weighted by Gasteiger charge is 2.11. The molecule has 0 aliphatic heterocycles. The predicted octanol–water partition coefficient (Wildman–Crippen LogP) is 3.81. The SMILES string of the molecule is Cc1cc(OCCCOc2c(C)cc(-c3noc(C)n3)cc2C)on1. The van der Waals surface area contributed by atoms with E-state index in [2.05, 4.69) is 15.3 Å². The molecular weight excluding hydrogens is 322 g/mol. The van der Waals surface area contributed by atoms with E-state index < -0.39 is 0 Å². The molecule has 0 aliphatic carbocycles. The molecule has 0 atom stereocenters. The average molecular weight is 343 g/mol. The maximum Gasteiger partial charge on any atom is 0.311 e. The van der Waals surface area contributed by atoms with Crippen molar-refractivity contribution in [3.63, 3.8) is 0 Å². The zero-order valence-corrected chi connectivity index (χ0v) is 14.8. The van der Waals surface area contributed by atoms with Crippen molar-refractivity contribution in [2.24, 2.45) is 0 Å². The van der Waals surface area contributed by atoms with E-state index in [0.29, 0.717) is 30.9 Å². The van der Waals surface area contributed by atoms with Crippen LogP contribution in [0.5, 0.6) is 11.7 Å².